The number of thiazole rings is 1. The van der Waals surface area contributed by atoms with Crippen molar-refractivity contribution < 1.29 is 4.79 Å². The summed E-state index contributed by atoms with van der Waals surface area (Å²) in [6.45, 7) is 2.71. The molecule has 0 aromatic carbocycles. The van der Waals surface area contributed by atoms with Crippen LogP contribution >= 0.6 is 34.3 Å². The quantitative estimate of drug-likeness (QED) is 0.731. The molecule has 0 spiro atoms. The zero-order valence-corrected chi connectivity index (χ0v) is 13.4. The fourth-order valence-corrected chi connectivity index (χ4v) is 3.64. The number of carbonyl (C=O) groups is 1. The highest BCUT2D eigenvalue weighted by Crippen LogP contribution is 2.32. The number of hydrogen-bond acceptors (Lipinski definition) is 7. The van der Waals surface area contributed by atoms with Crippen molar-refractivity contribution in [3.63, 3.8) is 0 Å². The van der Waals surface area contributed by atoms with Crippen molar-refractivity contribution in [1.82, 2.24) is 21.2 Å². The molecule has 3 N–H and O–H groups in total. The molecule has 0 unspecified atom stereocenters. The van der Waals surface area contributed by atoms with E-state index in [1.54, 1.807) is 5.38 Å². The third kappa shape index (κ3) is 3.34. The lowest BCUT2D eigenvalue weighted by molar-refractivity contribution is 0.0939. The van der Waals surface area contributed by atoms with Crippen LogP contribution in [-0.2, 0) is 0 Å². The largest absolute Gasteiger partial charge is 0.351 e. The Kier molecular flexibility index (Phi) is 4.09. The lowest BCUT2D eigenvalue weighted by Gasteiger charge is -2.08. The Morgan fingerprint density at radius 1 is 1.52 bits per heavy atom. The third-order valence-electron chi connectivity index (χ3n) is 2.72. The van der Waals surface area contributed by atoms with E-state index in [9.17, 15) is 4.79 Å². The monoisotopic (exact) mass is 341 g/mol. The molecule has 1 aliphatic rings. The minimum atomic E-state index is -0.302. The summed E-state index contributed by atoms with van der Waals surface area (Å²) in [5, 5.41) is 5.58. The van der Waals surface area contributed by atoms with Gasteiger partial charge in [-0.05, 0) is 19.1 Å². The number of thiophene rings is 1. The lowest BCUT2D eigenvalue weighted by atomic mass is 10.4. The number of nitrogens with one attached hydrogen (secondary N) is 3. The predicted molar refractivity (Wildman–Crippen MR) is 85.9 cm³/mol. The Balaban J connectivity index is 1.62. The Bertz CT molecular complexity index is 695. The van der Waals surface area contributed by atoms with E-state index in [-0.39, 0.29) is 11.9 Å². The van der Waals surface area contributed by atoms with Crippen molar-refractivity contribution in [2.45, 2.75) is 13.0 Å². The Morgan fingerprint density at radius 2 is 2.38 bits per heavy atom. The van der Waals surface area contributed by atoms with E-state index in [0.717, 1.165) is 9.88 Å². The first-order chi connectivity index (χ1) is 10.1. The Labute approximate surface area is 134 Å². The summed E-state index contributed by atoms with van der Waals surface area (Å²) in [6.07, 6.45) is 0. The molecular formula is C12H12ClN5OS2. The zero-order chi connectivity index (χ0) is 14.8. The van der Waals surface area contributed by atoms with Gasteiger partial charge in [-0.25, -0.2) is 9.98 Å². The van der Waals surface area contributed by atoms with Crippen LogP contribution in [0.1, 0.15) is 17.4 Å². The first-order valence-electron chi connectivity index (χ1n) is 6.20. The molecule has 3 rings (SSSR count). The fourth-order valence-electron chi connectivity index (χ4n) is 1.73. The molecule has 0 aliphatic carbocycles. The van der Waals surface area contributed by atoms with E-state index in [4.69, 9.17) is 11.6 Å². The van der Waals surface area contributed by atoms with Crippen LogP contribution in [0.5, 0.6) is 0 Å². The number of aliphatic imine (C=N–C) groups is 1. The zero-order valence-electron chi connectivity index (χ0n) is 11.0. The molecule has 2 aromatic heterocycles. The standard InChI is InChI=1S/C12H12ClN5OS2/c1-6-4-14-12(15-6)18-17-10(19)7-5-20-11(16-7)8-2-3-9(13)21-8/h2-3,5-6H,4H2,1H3,(H,17,19)(H2,14,15,18)/t6-/m0/s1. The molecule has 21 heavy (non-hydrogen) atoms. The van der Waals surface area contributed by atoms with Crippen LogP contribution in [0, 0.1) is 0 Å². The van der Waals surface area contributed by atoms with Crippen LogP contribution in [0.3, 0.4) is 0 Å². The SMILES string of the molecule is C[C@H]1CN=C(NNC(=O)c2csc(-c3ccc(Cl)s3)n2)N1. The van der Waals surface area contributed by atoms with Crippen LogP contribution in [0.25, 0.3) is 9.88 Å². The summed E-state index contributed by atoms with van der Waals surface area (Å²) < 4.78 is 0.701. The molecule has 9 heteroatoms. The highest BCUT2D eigenvalue weighted by Gasteiger charge is 2.15. The minimum Gasteiger partial charge on any atom is -0.351 e. The van der Waals surface area contributed by atoms with Crippen molar-refractivity contribution in [1.29, 1.82) is 0 Å². The minimum absolute atomic E-state index is 0.277. The molecular weight excluding hydrogens is 330 g/mol. The van der Waals surface area contributed by atoms with Crippen molar-refractivity contribution in [2.24, 2.45) is 4.99 Å². The Morgan fingerprint density at radius 3 is 3.05 bits per heavy atom. The van der Waals surface area contributed by atoms with Crippen LogP contribution in [-0.4, -0.2) is 29.4 Å². The Hall–Kier alpha value is -1.64. The van der Waals surface area contributed by atoms with E-state index in [1.807, 2.05) is 19.1 Å². The average Bonchev–Trinajstić information content (AvgIpc) is 3.16. The summed E-state index contributed by atoms with van der Waals surface area (Å²) >= 11 is 8.75. The van der Waals surface area contributed by atoms with E-state index < -0.39 is 0 Å². The molecule has 1 aliphatic heterocycles. The molecule has 6 nitrogen and oxygen atoms in total. The van der Waals surface area contributed by atoms with Gasteiger partial charge in [-0.15, -0.1) is 22.7 Å². The van der Waals surface area contributed by atoms with E-state index in [1.165, 1.54) is 22.7 Å². The normalized spacial score (nSPS) is 17.2. The van der Waals surface area contributed by atoms with Gasteiger partial charge in [0.1, 0.15) is 10.7 Å². The smallest absolute Gasteiger partial charge is 0.289 e. The maximum atomic E-state index is 12.0. The van der Waals surface area contributed by atoms with E-state index >= 15 is 0 Å². The van der Waals surface area contributed by atoms with Crippen molar-refractivity contribution in [3.05, 3.63) is 27.5 Å². The van der Waals surface area contributed by atoms with Gasteiger partial charge in [0.05, 0.1) is 15.8 Å². The van der Waals surface area contributed by atoms with Crippen LogP contribution in [0.4, 0.5) is 0 Å². The van der Waals surface area contributed by atoms with Gasteiger partial charge in [0.15, 0.2) is 0 Å². The number of halogens is 1. The molecule has 2 aromatic rings. The van der Waals surface area contributed by atoms with Gasteiger partial charge in [0, 0.05) is 11.4 Å². The van der Waals surface area contributed by atoms with Gasteiger partial charge in [-0.2, -0.15) is 0 Å². The number of hydrazine groups is 1. The maximum absolute atomic E-state index is 12.0. The predicted octanol–water partition coefficient (Wildman–Crippen LogP) is 2.11. The van der Waals surface area contributed by atoms with Crippen molar-refractivity contribution in [2.75, 3.05) is 6.54 Å². The molecule has 110 valence electrons. The summed E-state index contributed by atoms with van der Waals surface area (Å²) in [4.78, 5) is 21.4. The first-order valence-corrected chi connectivity index (χ1v) is 8.28. The molecule has 0 saturated carbocycles. The second kappa shape index (κ2) is 6.00. The van der Waals surface area contributed by atoms with Gasteiger partial charge in [0.2, 0.25) is 5.96 Å². The maximum Gasteiger partial charge on any atom is 0.289 e. The van der Waals surface area contributed by atoms with Crippen LogP contribution < -0.4 is 16.2 Å². The highest BCUT2D eigenvalue weighted by atomic mass is 35.5. The number of nitrogens with zero attached hydrogens (tertiary/aromatic N) is 2. The van der Waals surface area contributed by atoms with E-state index in [2.05, 4.69) is 26.1 Å². The van der Waals surface area contributed by atoms with Crippen molar-refractivity contribution >= 4 is 46.1 Å². The van der Waals surface area contributed by atoms with Crippen LogP contribution in [0.15, 0.2) is 22.5 Å². The third-order valence-corrected chi connectivity index (χ3v) is 4.96. The molecule has 0 fully saturated rings. The lowest BCUT2D eigenvalue weighted by Crippen LogP contribution is -2.47. The van der Waals surface area contributed by atoms with Crippen molar-refractivity contribution in [3.8, 4) is 9.88 Å². The topological polar surface area (TPSA) is 78.4 Å². The number of amides is 1. The molecule has 0 bridgehead atoms. The van der Waals surface area contributed by atoms with Gasteiger partial charge in [-0.3, -0.25) is 15.6 Å². The van der Waals surface area contributed by atoms with Gasteiger partial charge in [-0.1, -0.05) is 11.6 Å². The highest BCUT2D eigenvalue weighted by molar-refractivity contribution is 7.23. The average molecular weight is 342 g/mol. The molecule has 1 atom stereocenters. The van der Waals surface area contributed by atoms with Gasteiger partial charge >= 0.3 is 0 Å². The number of aromatic nitrogens is 1. The summed E-state index contributed by atoms with van der Waals surface area (Å²) in [5.41, 5.74) is 5.68. The second-order valence-electron chi connectivity index (χ2n) is 4.46. The summed E-state index contributed by atoms with van der Waals surface area (Å²) in [6, 6.07) is 3.98. The number of carbonyl (C=O) groups excluding carboxylic acids is 1. The molecule has 0 saturated heterocycles. The summed E-state index contributed by atoms with van der Waals surface area (Å²) in [7, 11) is 0. The molecule has 1 amide bonds. The van der Waals surface area contributed by atoms with Crippen LogP contribution in [0.2, 0.25) is 4.34 Å². The number of rotatable bonds is 2. The van der Waals surface area contributed by atoms with Gasteiger partial charge in [0.25, 0.3) is 5.91 Å². The number of guanidine groups is 1. The van der Waals surface area contributed by atoms with E-state index in [0.29, 0.717) is 22.5 Å². The van der Waals surface area contributed by atoms with Gasteiger partial charge < -0.3 is 5.32 Å². The summed E-state index contributed by atoms with van der Waals surface area (Å²) in [5.74, 6) is 0.264. The number of hydrogen-bond donors (Lipinski definition) is 3. The molecule has 3 heterocycles. The first kappa shape index (κ1) is 14.3. The fraction of sp³-hybridized carbons (Fsp3) is 0.250. The second-order valence-corrected chi connectivity index (χ2v) is 7.03. The molecule has 0 radical (unpaired) electrons.